The second-order valence-electron chi connectivity index (χ2n) is 29.1. The highest BCUT2D eigenvalue weighted by Crippen LogP contribution is 2.39. The van der Waals surface area contributed by atoms with Crippen LogP contribution in [0.1, 0.15) is 78.9 Å². The Kier molecular flexibility index (Phi) is 25.5. The van der Waals surface area contributed by atoms with Crippen molar-refractivity contribution >= 4 is 131 Å². The molecule has 121 heavy (non-hydrogen) atoms. The molecule has 12 aromatic rings. The number of piperazine rings is 4. The number of aromatic nitrogens is 8. The van der Waals surface area contributed by atoms with Crippen molar-refractivity contribution in [3.8, 4) is 0 Å². The first-order valence-corrected chi connectivity index (χ1v) is 39.6. The van der Waals surface area contributed by atoms with Gasteiger partial charge in [-0.2, -0.15) is 8.75 Å². The molecule has 0 aliphatic carbocycles. The maximum atomic E-state index is 13.6. The molecule has 4 aromatic carbocycles. The van der Waals surface area contributed by atoms with Gasteiger partial charge in [0.1, 0.15) is 34.1 Å². The first-order chi connectivity index (χ1) is 58.2. The maximum absolute atomic E-state index is 13.6. The number of aryl methyl sites for hydroxylation is 4. The number of rotatable bonds is 16. The highest BCUT2D eigenvalue weighted by atomic mass is 32.1. The van der Waals surface area contributed by atoms with Gasteiger partial charge in [-0.15, -0.1) is 0 Å². The Morgan fingerprint density at radius 1 is 0.496 bits per heavy atom. The van der Waals surface area contributed by atoms with E-state index >= 15 is 0 Å². The Hall–Kier alpha value is -14.5. The smallest absolute Gasteiger partial charge is 0.357 e. The maximum Gasteiger partial charge on any atom is 0.357 e. The topological polar surface area (TPSA) is 428 Å². The summed E-state index contributed by atoms with van der Waals surface area (Å²) in [6.07, 6.45) is 3.05. The third-order valence-corrected chi connectivity index (χ3v) is 21.9. The van der Waals surface area contributed by atoms with Crippen molar-refractivity contribution in [2.24, 2.45) is 27.1 Å². The van der Waals surface area contributed by atoms with E-state index in [-0.39, 0.29) is 58.7 Å². The van der Waals surface area contributed by atoms with E-state index in [0.717, 1.165) is 22.6 Å². The minimum Gasteiger partial charge on any atom is -0.462 e. The number of hydrogen-bond acceptors (Lipinski definition) is 28. The van der Waals surface area contributed by atoms with Crippen molar-refractivity contribution in [1.29, 1.82) is 0 Å². The number of hydrogen-bond donors (Lipinski definition) is 1. The first-order valence-electron chi connectivity index (χ1n) is 38.9. The number of benzene rings is 4. The lowest BCUT2D eigenvalue weighted by Gasteiger charge is -2.37. The summed E-state index contributed by atoms with van der Waals surface area (Å²) < 4.78 is 29.2. The summed E-state index contributed by atoms with van der Waals surface area (Å²) >= 11 is 0.958. The van der Waals surface area contributed by atoms with Gasteiger partial charge in [-0.25, -0.2) is 4.79 Å². The molecule has 38 nitrogen and oxygen atoms in total. The van der Waals surface area contributed by atoms with E-state index in [9.17, 15) is 73.5 Å². The molecule has 16 rings (SSSR count). The number of furan rings is 1. The molecule has 1 N–H and O–H groups in total. The summed E-state index contributed by atoms with van der Waals surface area (Å²) in [4.78, 5) is 167. The molecule has 0 spiro atoms. The molecule has 0 atom stereocenters. The molecule has 4 saturated heterocycles. The van der Waals surface area contributed by atoms with Crippen LogP contribution in [0.25, 0.3) is 43.6 Å². The van der Waals surface area contributed by atoms with Gasteiger partial charge in [-0.3, -0.25) is 73.7 Å². The number of ether oxygens (including phenoxy) is 1. The van der Waals surface area contributed by atoms with Crippen molar-refractivity contribution < 1.29 is 52.4 Å². The number of nitro groups is 3. The van der Waals surface area contributed by atoms with E-state index in [0.29, 0.717) is 190 Å². The molecular formula is C82H86N20O18S. The molecule has 8 aromatic heterocycles. The van der Waals surface area contributed by atoms with Crippen LogP contribution >= 0.6 is 11.7 Å². The molecule has 0 radical (unpaired) electrons. The van der Waals surface area contributed by atoms with Gasteiger partial charge in [-0.1, -0.05) is 97.9 Å². The van der Waals surface area contributed by atoms with E-state index in [1.165, 1.54) is 41.1 Å². The number of carbonyl (C=O) groups excluding carboxylic acids is 5. The summed E-state index contributed by atoms with van der Waals surface area (Å²) in [7, 11) is 6.26. The lowest BCUT2D eigenvalue weighted by molar-refractivity contribution is -0.385. The number of para-hydroxylation sites is 4. The number of fused-ring (bicyclic) bond motifs is 4. The van der Waals surface area contributed by atoms with Crippen molar-refractivity contribution in [3.05, 3.63) is 252 Å². The van der Waals surface area contributed by atoms with Gasteiger partial charge >= 0.3 is 39.7 Å². The van der Waals surface area contributed by atoms with E-state index < -0.39 is 54.5 Å². The zero-order valence-electron chi connectivity index (χ0n) is 67.4. The van der Waals surface area contributed by atoms with E-state index in [4.69, 9.17) is 13.7 Å². The van der Waals surface area contributed by atoms with E-state index in [2.05, 4.69) is 24.2 Å². The number of nitrogens with zero attached hydrogens (tertiary/aromatic N) is 19. The largest absolute Gasteiger partial charge is 0.462 e. The molecule has 628 valence electrons. The Morgan fingerprint density at radius 2 is 0.893 bits per heavy atom. The number of esters is 1. The normalized spacial score (nSPS) is 14.3. The second-order valence-corrected chi connectivity index (χ2v) is 29.6. The molecule has 0 saturated carbocycles. The Balaban J connectivity index is 0.000000139. The van der Waals surface area contributed by atoms with Crippen LogP contribution in [0.2, 0.25) is 0 Å². The second kappa shape index (κ2) is 36.5. The van der Waals surface area contributed by atoms with Crippen LogP contribution in [0.5, 0.6) is 0 Å². The molecule has 0 unspecified atom stereocenters. The number of carbonyl (C=O) groups is 5. The van der Waals surface area contributed by atoms with E-state index in [1.807, 2.05) is 52.8 Å². The molecule has 0 bridgehead atoms. The lowest BCUT2D eigenvalue weighted by Crippen LogP contribution is -2.49. The lowest BCUT2D eigenvalue weighted by atomic mass is 10.0. The summed E-state index contributed by atoms with van der Waals surface area (Å²) in [6, 6.07) is 39.1. The molecule has 12 heterocycles. The predicted octanol–water partition coefficient (Wildman–Crippen LogP) is 8.20. The van der Waals surface area contributed by atoms with Gasteiger partial charge in [0, 0.05) is 173 Å². The summed E-state index contributed by atoms with van der Waals surface area (Å²) in [5.41, 5.74) is 1.47. The Labute approximate surface area is 692 Å². The number of pyridine rings is 5. The monoisotopic (exact) mass is 1670 g/mol. The quantitative estimate of drug-likeness (QED) is 0.0540. The standard InChI is InChI=1S/C25H29N3O5.C20H19N5O4.C19H19N5O5.C18H19N7O4S/c1-4-32-25(31)21-22(18-8-5-6-9-19(18)28(24(21)30)16-17(2)3)26-11-13-27(14-12-26)23(29)20-10-7-15-33-20;1-22-16-8-3-2-6-14(16)17(18(20(22)27)25(28)29)23-10-12-24(13-11-23)19(26)15-7-4-5-9-21-15;1-12-11-14(20-29-12)18(25)23-9-7-22(8-10-23)16-13-5-3-4-6-15(13)21(2)19(26)17(16)24(27)28;1-19-16-13(20-30-21-16)17(26)24-9-7-23(8-10-24)14-11-5-3-4-6-12(11)22(2)18(27)15(14)25(28)29/h5-10,15,17H,4,11-14,16H2,1-3H3;2-9H,10-13H2,1H3;3-6,11H,7-10H2,1-2H3;3-6H,7-10H2,1-2H3,(H,19,21). The first kappa shape index (κ1) is 84.4. The van der Waals surface area contributed by atoms with Gasteiger partial charge in [-0.05, 0) is 68.3 Å². The molecule has 4 aliphatic heterocycles. The third-order valence-electron chi connectivity index (χ3n) is 21.4. The van der Waals surface area contributed by atoms with Crippen LogP contribution in [0.3, 0.4) is 0 Å². The van der Waals surface area contributed by atoms with Crippen LogP contribution in [0.15, 0.2) is 174 Å². The van der Waals surface area contributed by atoms with Crippen molar-refractivity contribution in [1.82, 2.24) is 56.8 Å². The fourth-order valence-corrected chi connectivity index (χ4v) is 16.1. The summed E-state index contributed by atoms with van der Waals surface area (Å²) in [5, 5.41) is 44.6. The van der Waals surface area contributed by atoms with Crippen molar-refractivity contribution in [2.45, 2.75) is 34.2 Å². The fraction of sp³-hybridized carbons (Fsp3) is 0.329. The highest BCUT2D eigenvalue weighted by Gasteiger charge is 2.38. The zero-order valence-corrected chi connectivity index (χ0v) is 68.2. The fourth-order valence-electron chi connectivity index (χ4n) is 15.5. The zero-order chi connectivity index (χ0) is 86.2. The molecule has 4 aliphatic rings. The molecule has 39 heteroatoms. The van der Waals surface area contributed by atoms with Crippen LogP contribution in [0.4, 0.5) is 45.6 Å². The van der Waals surface area contributed by atoms with Crippen LogP contribution < -0.4 is 47.2 Å². The van der Waals surface area contributed by atoms with Crippen molar-refractivity contribution in [3.63, 3.8) is 0 Å². The van der Waals surface area contributed by atoms with Crippen LogP contribution in [-0.2, 0) is 32.4 Å². The van der Waals surface area contributed by atoms with Crippen LogP contribution in [-0.4, -0.2) is 219 Å². The van der Waals surface area contributed by atoms with Gasteiger partial charge in [0.2, 0.25) is 0 Å². The number of nitrogens with one attached hydrogen (secondary N) is 1. The summed E-state index contributed by atoms with van der Waals surface area (Å²) in [6.45, 7) is 14.4. The number of amides is 4. The van der Waals surface area contributed by atoms with Gasteiger partial charge in [0.25, 0.3) is 29.2 Å². The SMILES string of the molecule is CCOC(=O)c1c(N2CCN(C(=O)c3ccco3)CC2)c2ccccc2n(CC(C)C)c1=O.CNc1nsnc1C(=O)N1CCN(c2c([N+](=O)[O-])c(=O)n(C)c3ccccc23)CC1.Cc1cc(C(=O)N2CCN(c3c([N+](=O)[O-])c(=O)n(C)c4ccccc34)CC2)no1.Cn1c(=O)c([N+](=O)[O-])c(N2CCN(C(=O)c3ccccn3)CC2)c2ccccc21. The third kappa shape index (κ3) is 17.2. The Bertz CT molecular complexity index is 6230. The predicted molar refractivity (Wildman–Crippen MR) is 453 cm³/mol. The molecular weight excluding hydrogens is 1590 g/mol. The van der Waals surface area contributed by atoms with Gasteiger partial charge in [0.15, 0.2) is 23.0 Å². The molecule has 4 amide bonds. The van der Waals surface area contributed by atoms with Crippen molar-refractivity contribution in [2.75, 3.05) is 143 Å². The minimum atomic E-state index is -0.653. The average molecular weight is 1670 g/mol. The number of anilines is 5. The van der Waals surface area contributed by atoms with E-state index in [1.54, 1.807) is 165 Å². The minimum absolute atomic E-state index is 0.0574. The van der Waals surface area contributed by atoms with Crippen LogP contribution in [0, 0.1) is 43.2 Å². The highest BCUT2D eigenvalue weighted by molar-refractivity contribution is 6.99. The van der Waals surface area contributed by atoms with Gasteiger partial charge in [0.05, 0.1) is 67.1 Å². The Morgan fingerprint density at radius 3 is 1.27 bits per heavy atom. The summed E-state index contributed by atoms with van der Waals surface area (Å²) in [5.74, 6) is 0.0715. The molecule has 4 fully saturated rings. The average Bonchev–Trinajstić information content (AvgIpc) is 1.56. The van der Waals surface area contributed by atoms with Gasteiger partial charge < -0.3 is 76.5 Å².